The molecule has 1 saturated carbocycles. The highest BCUT2D eigenvalue weighted by Crippen LogP contribution is 2.53. The van der Waals surface area contributed by atoms with Crippen LogP contribution in [0.5, 0.6) is 0 Å². The second-order valence-corrected chi connectivity index (χ2v) is 6.85. The molecule has 1 aromatic carbocycles. The molecular weight excluding hydrogens is 216 g/mol. The molecule has 18 heavy (non-hydrogen) atoms. The Kier molecular flexibility index (Phi) is 2.24. The van der Waals surface area contributed by atoms with Gasteiger partial charge in [0.2, 0.25) is 0 Å². The zero-order chi connectivity index (χ0) is 12.3. The van der Waals surface area contributed by atoms with Crippen LogP contribution < -0.4 is 0 Å². The third kappa shape index (κ3) is 1.44. The molecule has 3 aliphatic rings. The molecule has 94 valence electrons. The molecule has 1 aromatic rings. The van der Waals surface area contributed by atoms with E-state index >= 15 is 0 Å². The van der Waals surface area contributed by atoms with E-state index in [1.54, 1.807) is 11.1 Å². The van der Waals surface area contributed by atoms with Crippen molar-refractivity contribution in [2.24, 2.45) is 17.8 Å². The van der Waals surface area contributed by atoms with E-state index in [4.69, 9.17) is 0 Å². The van der Waals surface area contributed by atoms with Gasteiger partial charge < -0.3 is 0 Å². The van der Waals surface area contributed by atoms with Crippen molar-refractivity contribution in [2.75, 3.05) is 0 Å². The van der Waals surface area contributed by atoms with Crippen LogP contribution in [0.4, 0.5) is 0 Å². The van der Waals surface area contributed by atoms with Gasteiger partial charge in [-0.1, -0.05) is 36.8 Å². The summed E-state index contributed by atoms with van der Waals surface area (Å²) < 4.78 is 0. The van der Waals surface area contributed by atoms with Crippen molar-refractivity contribution < 1.29 is 0 Å². The summed E-state index contributed by atoms with van der Waals surface area (Å²) >= 11 is 0. The summed E-state index contributed by atoms with van der Waals surface area (Å²) in [5.41, 5.74) is 6.37. The van der Waals surface area contributed by atoms with Gasteiger partial charge in [-0.3, -0.25) is 0 Å². The van der Waals surface area contributed by atoms with Crippen LogP contribution in [0, 0.1) is 24.7 Å². The van der Waals surface area contributed by atoms with Gasteiger partial charge >= 0.3 is 0 Å². The van der Waals surface area contributed by atoms with E-state index in [9.17, 15) is 0 Å². The Morgan fingerprint density at radius 1 is 1.17 bits per heavy atom. The normalized spacial score (nSPS) is 36.3. The lowest BCUT2D eigenvalue weighted by molar-refractivity contribution is 0.177. The molecule has 4 atom stereocenters. The maximum atomic E-state index is 2.52. The largest absolute Gasteiger partial charge is 0.0802 e. The maximum absolute atomic E-state index is 2.52. The SMILES string of the molecule is Cc1cc2c3c(c1)CCC1CC(C)CC(C=C2)C31. The first-order valence-corrected chi connectivity index (χ1v) is 7.54. The molecule has 0 N–H and O–H groups in total. The number of hydrogen-bond acceptors (Lipinski definition) is 0. The van der Waals surface area contributed by atoms with E-state index in [2.05, 4.69) is 38.1 Å². The average molecular weight is 238 g/mol. The van der Waals surface area contributed by atoms with Gasteiger partial charge in [0.15, 0.2) is 0 Å². The summed E-state index contributed by atoms with van der Waals surface area (Å²) in [6.45, 7) is 4.69. The topological polar surface area (TPSA) is 0 Å². The summed E-state index contributed by atoms with van der Waals surface area (Å²) in [5, 5.41) is 0. The van der Waals surface area contributed by atoms with E-state index in [1.807, 2.05) is 0 Å². The minimum Gasteiger partial charge on any atom is -0.0802 e. The third-order valence-corrected chi connectivity index (χ3v) is 5.43. The van der Waals surface area contributed by atoms with Gasteiger partial charge in [0, 0.05) is 0 Å². The smallest absolute Gasteiger partial charge is 0.00616 e. The zero-order valence-electron chi connectivity index (χ0n) is 11.4. The van der Waals surface area contributed by atoms with E-state index < -0.39 is 0 Å². The van der Waals surface area contributed by atoms with Gasteiger partial charge in [-0.05, 0) is 73.0 Å². The molecule has 0 heterocycles. The van der Waals surface area contributed by atoms with Crippen LogP contribution in [-0.2, 0) is 6.42 Å². The number of allylic oxidation sites excluding steroid dienone is 1. The summed E-state index contributed by atoms with van der Waals surface area (Å²) in [5.74, 6) is 3.56. The molecule has 0 aromatic heterocycles. The minimum atomic E-state index is 0.827. The number of hydrogen-bond donors (Lipinski definition) is 0. The first-order valence-electron chi connectivity index (χ1n) is 7.54. The number of benzene rings is 1. The number of aryl methyl sites for hydroxylation is 2. The Bertz CT molecular complexity index is 523. The van der Waals surface area contributed by atoms with Crippen LogP contribution in [0.15, 0.2) is 18.2 Å². The van der Waals surface area contributed by atoms with Gasteiger partial charge in [-0.2, -0.15) is 0 Å². The predicted octanol–water partition coefficient (Wildman–Crippen LogP) is 4.71. The van der Waals surface area contributed by atoms with Gasteiger partial charge in [-0.25, -0.2) is 0 Å². The molecule has 0 spiro atoms. The van der Waals surface area contributed by atoms with E-state index in [-0.39, 0.29) is 0 Å². The second kappa shape index (κ2) is 3.73. The van der Waals surface area contributed by atoms with Crippen molar-refractivity contribution >= 4 is 6.08 Å². The molecule has 0 bridgehead atoms. The molecular formula is C18H22. The van der Waals surface area contributed by atoms with Crippen molar-refractivity contribution in [1.82, 2.24) is 0 Å². The lowest BCUT2D eigenvalue weighted by atomic mass is 9.58. The lowest BCUT2D eigenvalue weighted by Crippen LogP contribution is -2.35. The zero-order valence-corrected chi connectivity index (χ0v) is 11.4. The van der Waals surface area contributed by atoms with Crippen molar-refractivity contribution in [3.05, 3.63) is 40.5 Å². The van der Waals surface area contributed by atoms with Gasteiger partial charge in [0.1, 0.15) is 0 Å². The number of rotatable bonds is 0. The molecule has 0 nitrogen and oxygen atoms in total. The Balaban J connectivity index is 1.90. The van der Waals surface area contributed by atoms with Crippen LogP contribution in [0.25, 0.3) is 6.08 Å². The highest BCUT2D eigenvalue weighted by atomic mass is 14.5. The van der Waals surface area contributed by atoms with Gasteiger partial charge in [0.05, 0.1) is 0 Å². The van der Waals surface area contributed by atoms with Gasteiger partial charge in [-0.15, -0.1) is 0 Å². The summed E-state index contributed by atoms with van der Waals surface area (Å²) in [6.07, 6.45) is 10.5. The Labute approximate surface area is 110 Å². The Morgan fingerprint density at radius 2 is 2.06 bits per heavy atom. The standard InChI is InChI=1S/C18H22/c1-11-7-13-3-5-15-9-12(2)10-16-6-4-14(8-11)17(13)18(15)16/h3,5,7-8,12,15-16,18H,4,6,9-10H2,1-2H3. The first-order chi connectivity index (χ1) is 8.72. The fourth-order valence-electron chi connectivity index (χ4n) is 4.89. The van der Waals surface area contributed by atoms with E-state index in [0.29, 0.717) is 0 Å². The molecule has 0 amide bonds. The van der Waals surface area contributed by atoms with Gasteiger partial charge in [0.25, 0.3) is 0 Å². The second-order valence-electron chi connectivity index (χ2n) is 6.85. The van der Waals surface area contributed by atoms with E-state index in [1.165, 1.54) is 36.8 Å². The molecule has 0 heteroatoms. The molecule has 0 saturated heterocycles. The highest BCUT2D eigenvalue weighted by Gasteiger charge is 2.41. The predicted molar refractivity (Wildman–Crippen MR) is 76.7 cm³/mol. The summed E-state index contributed by atoms with van der Waals surface area (Å²) in [7, 11) is 0. The Morgan fingerprint density at radius 3 is 2.94 bits per heavy atom. The van der Waals surface area contributed by atoms with Crippen LogP contribution >= 0.6 is 0 Å². The maximum Gasteiger partial charge on any atom is -0.00616 e. The summed E-state index contributed by atoms with van der Waals surface area (Å²) in [6, 6.07) is 4.84. The molecule has 0 radical (unpaired) electrons. The third-order valence-electron chi connectivity index (χ3n) is 5.43. The summed E-state index contributed by atoms with van der Waals surface area (Å²) in [4.78, 5) is 0. The fourth-order valence-corrected chi connectivity index (χ4v) is 4.89. The quantitative estimate of drug-likeness (QED) is 0.614. The molecule has 3 aliphatic carbocycles. The highest BCUT2D eigenvalue weighted by molar-refractivity contribution is 5.63. The first kappa shape index (κ1) is 10.8. The van der Waals surface area contributed by atoms with Crippen LogP contribution in [-0.4, -0.2) is 0 Å². The molecule has 1 fully saturated rings. The van der Waals surface area contributed by atoms with Crippen LogP contribution in [0.1, 0.15) is 54.4 Å². The fraction of sp³-hybridized carbons (Fsp3) is 0.556. The van der Waals surface area contributed by atoms with Crippen molar-refractivity contribution in [2.45, 2.75) is 45.4 Å². The van der Waals surface area contributed by atoms with Crippen molar-refractivity contribution in [1.29, 1.82) is 0 Å². The Hall–Kier alpha value is -1.04. The minimum absolute atomic E-state index is 0.827. The molecule has 4 rings (SSSR count). The van der Waals surface area contributed by atoms with E-state index in [0.717, 1.165) is 23.7 Å². The van der Waals surface area contributed by atoms with Crippen LogP contribution in [0.2, 0.25) is 0 Å². The van der Waals surface area contributed by atoms with Crippen molar-refractivity contribution in [3.63, 3.8) is 0 Å². The van der Waals surface area contributed by atoms with Crippen molar-refractivity contribution in [3.8, 4) is 0 Å². The average Bonchev–Trinajstić information content (AvgIpc) is 2.34. The lowest BCUT2D eigenvalue weighted by Gasteiger charge is -2.46. The molecule has 4 unspecified atom stereocenters. The molecule has 0 aliphatic heterocycles. The monoisotopic (exact) mass is 238 g/mol. The van der Waals surface area contributed by atoms with Crippen LogP contribution in [0.3, 0.4) is 0 Å².